The van der Waals surface area contributed by atoms with E-state index in [1.54, 1.807) is 0 Å². The molecule has 0 fully saturated rings. The van der Waals surface area contributed by atoms with E-state index < -0.39 is 0 Å². The van der Waals surface area contributed by atoms with Crippen molar-refractivity contribution in [2.24, 2.45) is 0 Å². The highest BCUT2D eigenvalue weighted by Gasteiger charge is 2.10. The topological polar surface area (TPSA) is 54.8 Å². The minimum atomic E-state index is 0.988. The van der Waals surface area contributed by atoms with Gasteiger partial charge in [0.05, 0.1) is 9.40 Å². The molecule has 180 valence electrons. The van der Waals surface area contributed by atoms with Crippen molar-refractivity contribution < 1.29 is 0 Å². The summed E-state index contributed by atoms with van der Waals surface area (Å²) in [7, 11) is 0. The van der Waals surface area contributed by atoms with Gasteiger partial charge in [0.1, 0.15) is 11.0 Å². The van der Waals surface area contributed by atoms with E-state index in [1.807, 2.05) is 66.7 Å². The Morgan fingerprint density at radius 2 is 0.703 bits per heavy atom. The number of fused-ring (bicyclic) bond motifs is 2. The molecule has 0 unspecified atom stereocenters. The lowest BCUT2D eigenvalue weighted by Crippen LogP contribution is -2.09. The van der Waals surface area contributed by atoms with Crippen molar-refractivity contribution in [1.29, 1.82) is 0 Å². The molecule has 7 rings (SSSR count). The summed E-state index contributed by atoms with van der Waals surface area (Å²) in [5, 5.41) is 7.77. The first-order valence-corrected chi connectivity index (χ1v) is 13.2. The number of hydrogen-bond acceptors (Lipinski definition) is 7. The van der Waals surface area contributed by atoms with Crippen LogP contribution in [0.5, 0.6) is 0 Å². The van der Waals surface area contributed by atoms with Gasteiger partial charge in [-0.2, -0.15) is 0 Å². The Labute approximate surface area is 223 Å². The Hall–Kier alpha value is -4.46. The van der Waals surface area contributed by atoms with E-state index in [0.29, 0.717) is 0 Å². The van der Waals surface area contributed by atoms with Gasteiger partial charge in [0.15, 0.2) is 0 Å². The molecule has 7 heteroatoms. The van der Waals surface area contributed by atoms with E-state index in [1.165, 1.54) is 40.1 Å². The Kier molecular flexibility index (Phi) is 8.18. The fourth-order valence-corrected chi connectivity index (χ4v) is 4.75. The van der Waals surface area contributed by atoms with Crippen molar-refractivity contribution in [2.45, 2.75) is 0 Å². The van der Waals surface area contributed by atoms with Crippen LogP contribution in [0.1, 0.15) is 0 Å². The smallest absolute Gasteiger partial charge is 0.105 e. The molecule has 0 aliphatic heterocycles. The van der Waals surface area contributed by atoms with Gasteiger partial charge in [-0.3, -0.25) is 0 Å². The maximum Gasteiger partial charge on any atom is 0.105 e. The first kappa shape index (κ1) is 24.2. The largest absolute Gasteiger partial charge is 0.311 e. The molecule has 5 aromatic carbocycles. The first-order chi connectivity index (χ1) is 18.4. The highest BCUT2D eigenvalue weighted by molar-refractivity contribution is 7.13. The fraction of sp³-hybridized carbons (Fsp3) is 0. The summed E-state index contributed by atoms with van der Waals surface area (Å²) < 4.78 is 9.89. The zero-order valence-electron chi connectivity index (χ0n) is 19.8. The SMILES string of the molecule is c1ccc(N(c2ccccc2)c2ccccc2)cc1.c1ccc2snnc2c1.c1ccc2snnc2c1. The summed E-state index contributed by atoms with van der Waals surface area (Å²) in [5.41, 5.74) is 5.48. The molecular weight excluding hydrogens is 494 g/mol. The van der Waals surface area contributed by atoms with Crippen molar-refractivity contribution in [3.05, 3.63) is 140 Å². The van der Waals surface area contributed by atoms with Crippen molar-refractivity contribution in [2.75, 3.05) is 4.90 Å². The molecule has 0 radical (unpaired) electrons. The van der Waals surface area contributed by atoms with Crippen LogP contribution in [-0.2, 0) is 0 Å². The average molecular weight is 518 g/mol. The van der Waals surface area contributed by atoms with Gasteiger partial charge in [0.2, 0.25) is 0 Å². The predicted octanol–water partition coefficient (Wildman–Crippen LogP) is 8.54. The average Bonchev–Trinajstić information content (AvgIpc) is 3.66. The van der Waals surface area contributed by atoms with E-state index in [4.69, 9.17) is 0 Å². The standard InChI is InChI=1S/C18H15N.2C6H4N2S/c1-4-10-16(11-5-1)19(17-12-6-2-7-13-17)18-14-8-3-9-15-18;2*1-2-4-6-5(3-1)7-8-9-6/h1-15H;2*1-4H. The van der Waals surface area contributed by atoms with Gasteiger partial charge in [0.25, 0.3) is 0 Å². The van der Waals surface area contributed by atoms with E-state index >= 15 is 0 Å². The summed E-state index contributed by atoms with van der Waals surface area (Å²) in [4.78, 5) is 2.25. The fourth-order valence-electron chi connectivity index (χ4n) is 3.63. The molecule has 0 atom stereocenters. The highest BCUT2D eigenvalue weighted by Crippen LogP contribution is 2.33. The van der Waals surface area contributed by atoms with Crippen molar-refractivity contribution >= 4 is 60.6 Å². The second kappa shape index (κ2) is 12.5. The number of anilines is 3. The maximum absolute atomic E-state index is 3.89. The number of nitrogens with zero attached hydrogens (tertiary/aromatic N) is 5. The summed E-state index contributed by atoms with van der Waals surface area (Å²) in [6.45, 7) is 0. The van der Waals surface area contributed by atoms with E-state index in [-0.39, 0.29) is 0 Å². The second-order valence-corrected chi connectivity index (χ2v) is 9.39. The third-order valence-electron chi connectivity index (χ3n) is 5.35. The summed E-state index contributed by atoms with van der Waals surface area (Å²) in [5.74, 6) is 0. The van der Waals surface area contributed by atoms with Gasteiger partial charge in [0, 0.05) is 17.1 Å². The Balaban J connectivity index is 0.000000129. The number of benzene rings is 5. The number of hydrogen-bond donors (Lipinski definition) is 0. The molecule has 5 nitrogen and oxygen atoms in total. The van der Waals surface area contributed by atoms with E-state index in [2.05, 4.69) is 96.9 Å². The molecule has 0 bridgehead atoms. The molecular formula is C30H23N5S2. The molecule has 0 aliphatic rings. The lowest BCUT2D eigenvalue weighted by molar-refractivity contribution is 1.20. The van der Waals surface area contributed by atoms with Gasteiger partial charge in [-0.25, -0.2) is 0 Å². The van der Waals surface area contributed by atoms with Crippen LogP contribution in [0.3, 0.4) is 0 Å². The number of aromatic nitrogens is 4. The molecule has 0 aliphatic carbocycles. The normalized spacial score (nSPS) is 10.2. The van der Waals surface area contributed by atoms with Crippen LogP contribution in [0.25, 0.3) is 20.4 Å². The first-order valence-electron chi connectivity index (χ1n) is 11.7. The van der Waals surface area contributed by atoms with E-state index in [9.17, 15) is 0 Å². The van der Waals surface area contributed by atoms with Crippen LogP contribution in [0, 0.1) is 0 Å². The maximum atomic E-state index is 3.89. The zero-order chi connectivity index (χ0) is 25.1. The quantitative estimate of drug-likeness (QED) is 0.235. The molecule has 2 aromatic heterocycles. The molecule has 37 heavy (non-hydrogen) atoms. The predicted molar refractivity (Wildman–Crippen MR) is 156 cm³/mol. The summed E-state index contributed by atoms with van der Waals surface area (Å²) in [6.07, 6.45) is 0. The highest BCUT2D eigenvalue weighted by atomic mass is 32.1. The van der Waals surface area contributed by atoms with Gasteiger partial charge in [-0.15, -0.1) is 10.2 Å². The van der Waals surface area contributed by atoms with Crippen LogP contribution < -0.4 is 4.90 Å². The minimum Gasteiger partial charge on any atom is -0.311 e. The molecule has 2 heterocycles. The molecule has 7 aromatic rings. The van der Waals surface area contributed by atoms with Crippen LogP contribution in [-0.4, -0.2) is 19.2 Å². The van der Waals surface area contributed by atoms with Crippen molar-refractivity contribution in [3.63, 3.8) is 0 Å². The van der Waals surface area contributed by atoms with E-state index in [0.717, 1.165) is 20.4 Å². The number of rotatable bonds is 3. The van der Waals surface area contributed by atoms with Gasteiger partial charge in [-0.1, -0.05) is 87.8 Å². The lowest BCUT2D eigenvalue weighted by Gasteiger charge is -2.25. The number of para-hydroxylation sites is 3. The van der Waals surface area contributed by atoms with Crippen LogP contribution in [0.4, 0.5) is 17.1 Å². The zero-order valence-corrected chi connectivity index (χ0v) is 21.5. The molecule has 0 spiro atoms. The second-order valence-electron chi connectivity index (χ2n) is 7.82. The van der Waals surface area contributed by atoms with Gasteiger partial charge < -0.3 is 4.90 Å². The van der Waals surface area contributed by atoms with Crippen molar-refractivity contribution in [1.82, 2.24) is 19.2 Å². The third kappa shape index (κ3) is 6.41. The van der Waals surface area contributed by atoms with Gasteiger partial charge >= 0.3 is 0 Å². The monoisotopic (exact) mass is 517 g/mol. The Morgan fingerprint density at radius 3 is 1.05 bits per heavy atom. The Morgan fingerprint density at radius 1 is 0.378 bits per heavy atom. The van der Waals surface area contributed by atoms with Crippen LogP contribution >= 0.6 is 23.1 Å². The third-order valence-corrected chi connectivity index (χ3v) is 6.76. The minimum absolute atomic E-state index is 0.988. The van der Waals surface area contributed by atoms with Crippen LogP contribution in [0.15, 0.2) is 140 Å². The summed E-state index contributed by atoms with van der Waals surface area (Å²) in [6, 6.07) is 47.1. The Bertz CT molecular complexity index is 1410. The molecule has 0 saturated heterocycles. The van der Waals surface area contributed by atoms with Crippen molar-refractivity contribution in [3.8, 4) is 0 Å². The van der Waals surface area contributed by atoms with Crippen LogP contribution in [0.2, 0.25) is 0 Å². The summed E-state index contributed by atoms with van der Waals surface area (Å²) >= 11 is 2.85. The lowest BCUT2D eigenvalue weighted by atomic mass is 10.2. The molecule has 0 N–H and O–H groups in total. The molecule has 0 saturated carbocycles. The van der Waals surface area contributed by atoms with Gasteiger partial charge in [-0.05, 0) is 83.7 Å². The molecule has 0 amide bonds.